The van der Waals surface area contributed by atoms with E-state index in [2.05, 4.69) is 265 Å². The highest BCUT2D eigenvalue weighted by Gasteiger charge is 2.65. The Bertz CT molecular complexity index is 3870. The Hall–Kier alpha value is -7.97. The number of likely N-dealkylation sites (N-methyl/N-ethyl adjacent to an activating group) is 2. The van der Waals surface area contributed by atoms with Crippen LogP contribution in [0.1, 0.15) is 100.0 Å². The number of aromatic nitrogens is 2. The third-order valence-electron chi connectivity index (χ3n) is 20.0. The largest absolute Gasteiger partial charge is 0.457 e. The molecule has 8 aromatic carbocycles. The van der Waals surface area contributed by atoms with Gasteiger partial charge in [0.05, 0.1) is 38.9 Å². The van der Waals surface area contributed by atoms with Gasteiger partial charge in [0.25, 0.3) is 0 Å². The Morgan fingerprint density at radius 2 is 1.00 bits per heavy atom. The summed E-state index contributed by atoms with van der Waals surface area (Å²) in [7, 11) is 4.85. The normalized spacial score (nSPS) is 23.6. The first kappa shape index (κ1) is 50.0. The molecular formula is C74H72N6O. The first-order valence-electron chi connectivity index (χ1n) is 29.9. The molecule has 1 aliphatic carbocycles. The first-order valence-corrected chi connectivity index (χ1v) is 29.9. The molecule has 4 unspecified atom stereocenters. The zero-order valence-corrected chi connectivity index (χ0v) is 47.5. The van der Waals surface area contributed by atoms with E-state index in [4.69, 9.17) is 9.72 Å². The van der Waals surface area contributed by atoms with Gasteiger partial charge in [0.1, 0.15) is 24.0 Å². The quantitative estimate of drug-likeness (QED) is 0.136. The summed E-state index contributed by atoms with van der Waals surface area (Å²) in [5, 5.41) is 2.36. The molecule has 6 heterocycles. The minimum Gasteiger partial charge on any atom is -0.457 e. The van der Waals surface area contributed by atoms with Crippen molar-refractivity contribution in [1.29, 1.82) is 0 Å². The van der Waals surface area contributed by atoms with Gasteiger partial charge in [-0.3, -0.25) is 14.4 Å². The van der Waals surface area contributed by atoms with Crippen LogP contribution in [-0.2, 0) is 16.2 Å². The van der Waals surface area contributed by atoms with Crippen LogP contribution >= 0.6 is 0 Å². The molecule has 15 rings (SSSR count). The van der Waals surface area contributed by atoms with Gasteiger partial charge in [0, 0.05) is 59.0 Å². The van der Waals surface area contributed by atoms with E-state index in [9.17, 15) is 0 Å². The molecule has 5 aliphatic rings. The van der Waals surface area contributed by atoms with E-state index in [-0.39, 0.29) is 16.2 Å². The molecule has 0 radical (unpaired) electrons. The number of likely N-dealkylation sites (tertiary alicyclic amines) is 1. The number of hydrogen-bond donors (Lipinski definition) is 0. The second-order valence-electron chi connectivity index (χ2n) is 25.0. The molecule has 81 heavy (non-hydrogen) atoms. The molecule has 0 spiro atoms. The van der Waals surface area contributed by atoms with Crippen molar-refractivity contribution in [1.82, 2.24) is 19.4 Å². The van der Waals surface area contributed by atoms with E-state index in [0.29, 0.717) is 30.8 Å². The van der Waals surface area contributed by atoms with Crippen LogP contribution < -0.4 is 14.5 Å². The summed E-state index contributed by atoms with van der Waals surface area (Å²) in [5.41, 5.74) is 16.2. The Kier molecular flexibility index (Phi) is 12.0. The first-order chi connectivity index (χ1) is 39.6. The Morgan fingerprint density at radius 1 is 0.469 bits per heavy atom. The van der Waals surface area contributed by atoms with Crippen molar-refractivity contribution in [2.75, 3.05) is 30.6 Å². The zero-order chi connectivity index (χ0) is 54.6. The highest BCUT2D eigenvalue weighted by Crippen LogP contribution is 2.65. The summed E-state index contributed by atoms with van der Waals surface area (Å²) in [4.78, 5) is 15.8. The Labute approximate surface area is 478 Å². The van der Waals surface area contributed by atoms with Crippen molar-refractivity contribution in [2.24, 2.45) is 0 Å². The molecule has 4 fully saturated rings. The van der Waals surface area contributed by atoms with E-state index in [0.717, 1.165) is 59.7 Å². The maximum absolute atomic E-state index is 7.02. The van der Waals surface area contributed by atoms with Gasteiger partial charge in [-0.1, -0.05) is 174 Å². The number of nitrogens with zero attached hydrogens (tertiary/aromatic N) is 6. The summed E-state index contributed by atoms with van der Waals surface area (Å²) in [6.45, 7) is 7.42. The van der Waals surface area contributed by atoms with Crippen molar-refractivity contribution in [2.45, 2.75) is 113 Å². The van der Waals surface area contributed by atoms with Crippen molar-refractivity contribution in [3.8, 4) is 28.4 Å². The van der Waals surface area contributed by atoms with Gasteiger partial charge in [-0.15, -0.1) is 0 Å². The molecule has 4 bridgehead atoms. The fourth-order valence-corrected chi connectivity index (χ4v) is 16.4. The lowest BCUT2D eigenvalue weighted by Crippen LogP contribution is -2.73. The number of ether oxygens (including phenoxy) is 1. The fraction of sp³-hybridized carbons (Fsp3) is 0.284. The number of para-hydroxylation sites is 3. The third-order valence-corrected chi connectivity index (χ3v) is 20.0. The minimum absolute atomic E-state index is 0.0207. The predicted octanol–water partition coefficient (Wildman–Crippen LogP) is 17.3. The molecule has 3 saturated heterocycles. The molecule has 10 aromatic rings. The second-order valence-corrected chi connectivity index (χ2v) is 25.0. The van der Waals surface area contributed by atoms with Crippen LogP contribution in [0.3, 0.4) is 0 Å². The summed E-state index contributed by atoms with van der Waals surface area (Å²) in [6, 6.07) is 79.1. The lowest BCUT2D eigenvalue weighted by molar-refractivity contribution is -0.0411. The molecule has 4 atom stereocenters. The van der Waals surface area contributed by atoms with E-state index in [1.54, 1.807) is 0 Å². The standard InChI is InChI=1S/C74H72N6O/c1-72(2,3)54-42-43-75-70(46-54)80-62-33-16-15-32-58(62)59-41-40-57(48-65(59)80)81-56-31-23-30-55(47-56)78-49-79(64-35-18-17-34-63(64)78)71-60(73(52-26-11-7-12-27-52)66-36-19-20-37-67(73)76(66)4)44-51(50-24-9-6-10-25-50)45-61(71)74(53-28-13-8-14-29-53)68-38-21-22-39-69(74)77(68)5/h6-18,23-35,40-48,66-69H,19-22,36-39,49H2,1-5H3. The Balaban J connectivity index is 0.916. The SMILES string of the molecule is CN1C2CCCCC1C2(c1ccccc1)c1cc(-c2ccccc2)cc(C2(c3ccccc3)C3CCCCC2N3C)c1N1CN(c2cccc(Oc3ccc4c5ccccc5n(-c5cc(C(C)(C)C)ccn5)c4c3)c2)c2ccccc21. The van der Waals surface area contributed by atoms with Crippen LogP contribution in [0.5, 0.6) is 11.5 Å². The number of fused-ring (bicyclic) bond motifs is 8. The highest BCUT2D eigenvalue weighted by molar-refractivity contribution is 6.09. The van der Waals surface area contributed by atoms with Gasteiger partial charge in [0.15, 0.2) is 0 Å². The van der Waals surface area contributed by atoms with E-state index in [1.807, 2.05) is 6.20 Å². The van der Waals surface area contributed by atoms with Crippen LogP contribution in [0.4, 0.5) is 22.7 Å². The summed E-state index contributed by atoms with van der Waals surface area (Å²) in [6.07, 6.45) is 11.5. The molecule has 0 amide bonds. The topological polar surface area (TPSA) is 40.0 Å². The van der Waals surface area contributed by atoms with E-state index >= 15 is 0 Å². The molecular weight excluding hydrogens is 989 g/mol. The van der Waals surface area contributed by atoms with E-state index in [1.165, 1.54) is 92.5 Å². The predicted molar refractivity (Wildman–Crippen MR) is 333 cm³/mol. The smallest absolute Gasteiger partial charge is 0.137 e. The molecule has 0 N–H and O–H groups in total. The van der Waals surface area contributed by atoms with Gasteiger partial charge >= 0.3 is 0 Å². The molecule has 2 aromatic heterocycles. The zero-order valence-electron chi connectivity index (χ0n) is 47.5. The van der Waals surface area contributed by atoms with Crippen LogP contribution in [-0.4, -0.2) is 64.3 Å². The summed E-state index contributed by atoms with van der Waals surface area (Å²) < 4.78 is 9.32. The van der Waals surface area contributed by atoms with Crippen molar-refractivity contribution < 1.29 is 4.74 Å². The van der Waals surface area contributed by atoms with Crippen molar-refractivity contribution in [3.63, 3.8) is 0 Å². The van der Waals surface area contributed by atoms with Gasteiger partial charge < -0.3 is 14.5 Å². The molecule has 7 nitrogen and oxygen atoms in total. The number of rotatable bonds is 10. The maximum atomic E-state index is 7.02. The number of hydrogen-bond acceptors (Lipinski definition) is 6. The molecule has 4 aliphatic heterocycles. The monoisotopic (exact) mass is 1060 g/mol. The van der Waals surface area contributed by atoms with Gasteiger partial charge in [-0.05, 0) is 151 Å². The molecule has 7 heteroatoms. The van der Waals surface area contributed by atoms with Crippen LogP contribution in [0, 0.1) is 0 Å². The fourth-order valence-electron chi connectivity index (χ4n) is 16.4. The number of benzene rings is 8. The van der Waals surface area contributed by atoms with Gasteiger partial charge in [-0.25, -0.2) is 4.98 Å². The highest BCUT2D eigenvalue weighted by atomic mass is 16.5. The number of pyridine rings is 1. The van der Waals surface area contributed by atoms with Crippen LogP contribution in [0.25, 0.3) is 38.8 Å². The third kappa shape index (κ3) is 7.64. The molecule has 1 saturated carbocycles. The Morgan fingerprint density at radius 3 is 1.60 bits per heavy atom. The van der Waals surface area contributed by atoms with Crippen molar-refractivity contribution in [3.05, 3.63) is 240 Å². The number of anilines is 4. The average molecular weight is 1060 g/mol. The lowest BCUT2D eigenvalue weighted by atomic mass is 9.52. The average Bonchev–Trinajstić information content (AvgIpc) is 2.75. The van der Waals surface area contributed by atoms with E-state index < -0.39 is 0 Å². The summed E-state index contributed by atoms with van der Waals surface area (Å²) in [5.74, 6) is 2.48. The van der Waals surface area contributed by atoms with Crippen LogP contribution in [0.2, 0.25) is 0 Å². The summed E-state index contributed by atoms with van der Waals surface area (Å²) >= 11 is 0. The maximum Gasteiger partial charge on any atom is 0.137 e. The van der Waals surface area contributed by atoms with Crippen LogP contribution in [0.15, 0.2) is 212 Å². The van der Waals surface area contributed by atoms with Gasteiger partial charge in [0.2, 0.25) is 0 Å². The van der Waals surface area contributed by atoms with Crippen molar-refractivity contribution >= 4 is 44.6 Å². The second kappa shape index (κ2) is 19.4. The lowest BCUT2D eigenvalue weighted by Gasteiger charge is -2.65. The minimum atomic E-state index is -0.255. The van der Waals surface area contributed by atoms with Gasteiger partial charge in [-0.2, -0.15) is 0 Å². The molecule has 404 valence electrons.